The van der Waals surface area contributed by atoms with Crippen molar-refractivity contribution in [3.8, 4) is 0 Å². The maximum Gasteiger partial charge on any atom is 0.0717 e. The van der Waals surface area contributed by atoms with Crippen molar-refractivity contribution in [1.29, 1.82) is 0 Å². The summed E-state index contributed by atoms with van der Waals surface area (Å²) in [6.07, 6.45) is 9.58. The maximum atomic E-state index is 5.60. The summed E-state index contributed by atoms with van der Waals surface area (Å²) in [5, 5.41) is 0. The van der Waals surface area contributed by atoms with E-state index in [2.05, 4.69) is 24.2 Å². The van der Waals surface area contributed by atoms with Crippen LogP contribution in [0.15, 0.2) is 16.6 Å². The molecular weight excluding hydrogens is 174 g/mol. The fourth-order valence-electron chi connectivity index (χ4n) is 2.43. The van der Waals surface area contributed by atoms with Gasteiger partial charge in [0.1, 0.15) is 0 Å². The summed E-state index contributed by atoms with van der Waals surface area (Å²) in [5.41, 5.74) is 1.65. The molecule has 0 N–H and O–H groups in total. The van der Waals surface area contributed by atoms with Gasteiger partial charge in [0, 0.05) is 7.11 Å². The van der Waals surface area contributed by atoms with Crippen LogP contribution in [0.3, 0.4) is 0 Å². The molecule has 0 saturated heterocycles. The molecule has 1 aliphatic heterocycles. The summed E-state index contributed by atoms with van der Waals surface area (Å²) in [5.74, 6) is 0. The number of aliphatic imine (C=N–C) groups is 1. The van der Waals surface area contributed by atoms with Gasteiger partial charge in [0.05, 0.1) is 18.1 Å². The average Bonchev–Trinajstić information content (AvgIpc) is 2.80. The van der Waals surface area contributed by atoms with Crippen LogP contribution in [0.2, 0.25) is 0 Å². The molecule has 2 unspecified atom stereocenters. The molecule has 1 spiro atoms. The van der Waals surface area contributed by atoms with Crippen LogP contribution in [0.4, 0.5) is 0 Å². The summed E-state index contributed by atoms with van der Waals surface area (Å²) in [6.45, 7) is 3.09. The number of methoxy groups -OCH3 is 1. The van der Waals surface area contributed by atoms with E-state index in [1.54, 1.807) is 0 Å². The van der Waals surface area contributed by atoms with Crippen LogP contribution >= 0.6 is 0 Å². The zero-order valence-electron chi connectivity index (χ0n) is 9.12. The van der Waals surface area contributed by atoms with Crippen molar-refractivity contribution in [3.63, 3.8) is 0 Å². The van der Waals surface area contributed by atoms with Gasteiger partial charge >= 0.3 is 0 Å². The monoisotopic (exact) mass is 193 g/mol. The number of nitrogens with zero attached hydrogens (tertiary/aromatic N) is 1. The smallest absolute Gasteiger partial charge is 0.0717 e. The fraction of sp³-hybridized carbons (Fsp3) is 0.750. The van der Waals surface area contributed by atoms with Crippen LogP contribution in [-0.2, 0) is 4.74 Å². The summed E-state index contributed by atoms with van der Waals surface area (Å²) < 4.78 is 5.60. The normalized spacial score (nSPS) is 37.3. The van der Waals surface area contributed by atoms with Gasteiger partial charge in [-0.1, -0.05) is 18.1 Å². The standard InChI is InChI=1S/C12H19NO/c1-10-8-12(10)9-13-7-5-3-4-6-11(12)14-2/h7-8,11H,3-6,9H2,1-2H3. The predicted molar refractivity (Wildman–Crippen MR) is 58.8 cm³/mol. The van der Waals surface area contributed by atoms with E-state index >= 15 is 0 Å². The first-order valence-electron chi connectivity index (χ1n) is 5.50. The molecule has 0 fully saturated rings. The zero-order valence-corrected chi connectivity index (χ0v) is 9.12. The molecule has 0 bridgehead atoms. The first-order valence-corrected chi connectivity index (χ1v) is 5.50. The lowest BCUT2D eigenvalue weighted by atomic mass is 9.89. The van der Waals surface area contributed by atoms with Gasteiger partial charge in [-0.25, -0.2) is 0 Å². The maximum absolute atomic E-state index is 5.60. The minimum absolute atomic E-state index is 0.190. The van der Waals surface area contributed by atoms with Gasteiger partial charge in [0.15, 0.2) is 0 Å². The van der Waals surface area contributed by atoms with Gasteiger partial charge in [-0.3, -0.25) is 4.99 Å². The van der Waals surface area contributed by atoms with E-state index in [0.717, 1.165) is 13.0 Å². The van der Waals surface area contributed by atoms with Crippen LogP contribution < -0.4 is 0 Å². The van der Waals surface area contributed by atoms with Crippen molar-refractivity contribution in [3.05, 3.63) is 11.6 Å². The second-order valence-electron chi connectivity index (χ2n) is 4.40. The Bertz CT molecular complexity index is 269. The van der Waals surface area contributed by atoms with Crippen molar-refractivity contribution in [2.24, 2.45) is 10.4 Å². The Labute approximate surface area is 86.1 Å². The average molecular weight is 193 g/mol. The molecule has 0 radical (unpaired) electrons. The molecule has 2 rings (SSSR count). The third kappa shape index (κ3) is 1.63. The molecule has 2 heteroatoms. The second kappa shape index (κ2) is 3.85. The SMILES string of the molecule is COC1CCCCC=NCC12C=C2C. The molecule has 1 heterocycles. The first-order chi connectivity index (χ1) is 6.79. The van der Waals surface area contributed by atoms with E-state index in [-0.39, 0.29) is 5.41 Å². The first kappa shape index (κ1) is 9.91. The Kier molecular flexibility index (Phi) is 2.73. The molecular formula is C12H19NO. The number of ether oxygens (including phenoxy) is 1. The largest absolute Gasteiger partial charge is 0.380 e. The number of hydrogen-bond acceptors (Lipinski definition) is 2. The molecule has 78 valence electrons. The Morgan fingerprint density at radius 1 is 1.50 bits per heavy atom. The third-order valence-corrected chi connectivity index (χ3v) is 3.52. The van der Waals surface area contributed by atoms with Gasteiger partial charge < -0.3 is 4.74 Å². The highest BCUT2D eigenvalue weighted by Gasteiger charge is 2.47. The minimum atomic E-state index is 0.190. The van der Waals surface area contributed by atoms with E-state index < -0.39 is 0 Å². The van der Waals surface area contributed by atoms with E-state index in [1.165, 1.54) is 24.8 Å². The van der Waals surface area contributed by atoms with E-state index in [1.807, 2.05) is 7.11 Å². The van der Waals surface area contributed by atoms with E-state index in [0.29, 0.717) is 6.10 Å². The highest BCUT2D eigenvalue weighted by atomic mass is 16.5. The Balaban J connectivity index is 2.08. The lowest BCUT2D eigenvalue weighted by Gasteiger charge is -2.25. The van der Waals surface area contributed by atoms with Crippen LogP contribution in [0, 0.1) is 5.41 Å². The van der Waals surface area contributed by atoms with Gasteiger partial charge in [-0.2, -0.15) is 0 Å². The summed E-state index contributed by atoms with van der Waals surface area (Å²) in [4.78, 5) is 4.50. The Morgan fingerprint density at radius 3 is 2.93 bits per heavy atom. The molecule has 0 amide bonds. The van der Waals surface area contributed by atoms with E-state index in [4.69, 9.17) is 4.74 Å². The van der Waals surface area contributed by atoms with Gasteiger partial charge in [0.2, 0.25) is 0 Å². The number of rotatable bonds is 1. The molecule has 0 aromatic heterocycles. The van der Waals surface area contributed by atoms with Crippen molar-refractivity contribution in [2.45, 2.75) is 38.7 Å². The van der Waals surface area contributed by atoms with Crippen molar-refractivity contribution >= 4 is 6.21 Å². The van der Waals surface area contributed by atoms with Crippen molar-refractivity contribution in [1.82, 2.24) is 0 Å². The Hall–Kier alpha value is -0.630. The zero-order chi connectivity index (χ0) is 10.0. The minimum Gasteiger partial charge on any atom is -0.380 e. The molecule has 0 aromatic rings. The lowest BCUT2D eigenvalue weighted by molar-refractivity contribution is 0.0437. The molecule has 0 aromatic carbocycles. The van der Waals surface area contributed by atoms with Crippen molar-refractivity contribution in [2.75, 3.05) is 13.7 Å². The van der Waals surface area contributed by atoms with Crippen LogP contribution in [-0.4, -0.2) is 26.0 Å². The molecule has 0 saturated carbocycles. The second-order valence-corrected chi connectivity index (χ2v) is 4.40. The summed E-state index contributed by atoms with van der Waals surface area (Å²) in [7, 11) is 1.83. The van der Waals surface area contributed by atoms with Crippen LogP contribution in [0.25, 0.3) is 0 Å². The topological polar surface area (TPSA) is 21.6 Å². The molecule has 2 aliphatic rings. The molecule has 2 atom stereocenters. The summed E-state index contributed by atoms with van der Waals surface area (Å²) in [6, 6.07) is 0. The van der Waals surface area contributed by atoms with E-state index in [9.17, 15) is 0 Å². The molecule has 1 aliphatic carbocycles. The van der Waals surface area contributed by atoms with Gasteiger partial charge in [0.25, 0.3) is 0 Å². The highest BCUT2D eigenvalue weighted by molar-refractivity contribution is 5.58. The third-order valence-electron chi connectivity index (χ3n) is 3.52. The molecule has 2 nitrogen and oxygen atoms in total. The van der Waals surface area contributed by atoms with Crippen LogP contribution in [0.1, 0.15) is 32.6 Å². The lowest BCUT2D eigenvalue weighted by Crippen LogP contribution is -2.29. The fourth-order valence-corrected chi connectivity index (χ4v) is 2.43. The Morgan fingerprint density at radius 2 is 2.29 bits per heavy atom. The van der Waals surface area contributed by atoms with Crippen molar-refractivity contribution < 1.29 is 4.74 Å². The van der Waals surface area contributed by atoms with Gasteiger partial charge in [-0.15, -0.1) is 0 Å². The summed E-state index contributed by atoms with van der Waals surface area (Å²) >= 11 is 0. The molecule has 14 heavy (non-hydrogen) atoms. The van der Waals surface area contributed by atoms with Gasteiger partial charge in [-0.05, 0) is 32.4 Å². The predicted octanol–water partition coefficient (Wildman–Crippen LogP) is 2.59. The highest BCUT2D eigenvalue weighted by Crippen LogP contribution is 2.49. The van der Waals surface area contributed by atoms with Crippen LogP contribution in [0.5, 0.6) is 0 Å². The number of hydrogen-bond donors (Lipinski definition) is 0. The quantitative estimate of drug-likeness (QED) is 0.586.